The van der Waals surface area contributed by atoms with Gasteiger partial charge in [0.25, 0.3) is 0 Å². The minimum atomic E-state index is -0.0898. The summed E-state index contributed by atoms with van der Waals surface area (Å²) >= 11 is 12.2. The number of hydrogen-bond acceptors (Lipinski definition) is 7. The third-order valence-corrected chi connectivity index (χ3v) is 7.06. The summed E-state index contributed by atoms with van der Waals surface area (Å²) in [5, 5.41) is 3.66. The first-order valence-corrected chi connectivity index (χ1v) is 13.3. The minimum absolute atomic E-state index is 0.0165. The van der Waals surface area contributed by atoms with Gasteiger partial charge in [-0.25, -0.2) is 0 Å². The van der Waals surface area contributed by atoms with Gasteiger partial charge in [-0.3, -0.25) is 9.69 Å². The summed E-state index contributed by atoms with van der Waals surface area (Å²) in [6.45, 7) is 4.81. The summed E-state index contributed by atoms with van der Waals surface area (Å²) in [5.74, 6) is 0.0165. The molecule has 0 bridgehead atoms. The number of halogens is 2. The number of benzene rings is 2. The van der Waals surface area contributed by atoms with Crippen LogP contribution in [0.15, 0.2) is 53.7 Å². The van der Waals surface area contributed by atoms with Crippen molar-refractivity contribution in [2.75, 3.05) is 66.3 Å². The van der Waals surface area contributed by atoms with Gasteiger partial charge in [-0.1, -0.05) is 64.8 Å². The molecule has 2 aromatic carbocycles. The second-order valence-corrected chi connectivity index (χ2v) is 9.79. The second kappa shape index (κ2) is 16.0. The fourth-order valence-electron chi connectivity index (χ4n) is 4.29. The van der Waals surface area contributed by atoms with Crippen LogP contribution in [-0.2, 0) is 25.4 Å². The van der Waals surface area contributed by atoms with E-state index in [0.717, 1.165) is 37.2 Å². The van der Waals surface area contributed by atoms with Crippen LogP contribution < -0.4 is 0 Å². The Kier molecular flexibility index (Phi) is 12.8. The van der Waals surface area contributed by atoms with Gasteiger partial charge < -0.3 is 19.1 Å². The normalized spacial score (nSPS) is 16.6. The Morgan fingerprint density at radius 2 is 1.78 bits per heavy atom. The summed E-state index contributed by atoms with van der Waals surface area (Å²) < 4.78 is 16.7. The van der Waals surface area contributed by atoms with Crippen molar-refractivity contribution in [3.05, 3.63) is 74.6 Å². The number of nitrogens with zero attached hydrogens (tertiary/aromatic N) is 3. The molecule has 10 heteroatoms. The molecule has 8 nitrogen and oxygen atoms in total. The molecule has 1 aliphatic rings. The standard InChI is InChI=1S/C27H35Cl2N3O5/c1-31(27(33)18-21-7-8-24(28)25(29)17-21)26(22-5-3-2-4-6-22)20-32-11-9-23(19-32)37-16-15-36-14-13-35-12-10-30-34/h2-8,17,23,26H,9-16,18-20H2,1H3/t23-,26+/m0/s1. The molecule has 2 atom stereocenters. The van der Waals surface area contributed by atoms with E-state index in [-0.39, 0.29) is 31.0 Å². The zero-order valence-corrected chi connectivity index (χ0v) is 22.7. The molecule has 1 heterocycles. The lowest BCUT2D eigenvalue weighted by Crippen LogP contribution is -2.39. The monoisotopic (exact) mass is 551 g/mol. The van der Waals surface area contributed by atoms with E-state index in [1.165, 1.54) is 0 Å². The Balaban J connectivity index is 1.48. The predicted octanol–water partition coefficient (Wildman–Crippen LogP) is 4.63. The molecular weight excluding hydrogens is 517 g/mol. The van der Waals surface area contributed by atoms with Crippen LogP contribution in [0.3, 0.4) is 0 Å². The number of likely N-dealkylation sites (tertiary alicyclic amines) is 1. The Bertz CT molecular complexity index is 982. The van der Waals surface area contributed by atoms with Crippen molar-refractivity contribution in [3.63, 3.8) is 0 Å². The molecule has 1 fully saturated rings. The zero-order valence-electron chi connectivity index (χ0n) is 21.2. The molecule has 0 aromatic heterocycles. The van der Waals surface area contributed by atoms with Crippen LogP contribution in [-0.4, -0.2) is 88.1 Å². The van der Waals surface area contributed by atoms with Crippen LogP contribution in [0.25, 0.3) is 0 Å². The van der Waals surface area contributed by atoms with Crippen molar-refractivity contribution in [3.8, 4) is 0 Å². The highest BCUT2D eigenvalue weighted by molar-refractivity contribution is 6.42. The number of carbonyl (C=O) groups excluding carboxylic acids is 1. The van der Waals surface area contributed by atoms with Crippen molar-refractivity contribution in [1.29, 1.82) is 0 Å². The van der Waals surface area contributed by atoms with Crippen molar-refractivity contribution in [2.45, 2.75) is 25.0 Å². The number of ether oxygens (including phenoxy) is 3. The van der Waals surface area contributed by atoms with E-state index in [1.54, 1.807) is 12.1 Å². The molecule has 2 aromatic rings. The number of amides is 1. The fraction of sp³-hybridized carbons (Fsp3) is 0.519. The first-order chi connectivity index (χ1) is 18.0. The van der Waals surface area contributed by atoms with E-state index in [9.17, 15) is 9.70 Å². The van der Waals surface area contributed by atoms with Gasteiger partial charge in [-0.2, -0.15) is 4.91 Å². The molecule has 0 radical (unpaired) electrons. The largest absolute Gasteiger partial charge is 0.377 e. The van der Waals surface area contributed by atoms with Crippen LogP contribution in [0.5, 0.6) is 0 Å². The first-order valence-electron chi connectivity index (χ1n) is 12.5. The smallest absolute Gasteiger partial charge is 0.227 e. The van der Waals surface area contributed by atoms with Gasteiger partial charge >= 0.3 is 0 Å². The summed E-state index contributed by atoms with van der Waals surface area (Å²) in [4.78, 5) is 27.4. The van der Waals surface area contributed by atoms with Gasteiger partial charge in [0.2, 0.25) is 5.91 Å². The molecular formula is C27H35Cl2N3O5. The SMILES string of the molecule is CN(C(=O)Cc1ccc(Cl)c(Cl)c1)[C@H](CN1CC[C@H](OCCOCCOCCN=O)C1)c1ccccc1. The lowest BCUT2D eigenvalue weighted by molar-refractivity contribution is -0.131. The fourth-order valence-corrected chi connectivity index (χ4v) is 4.61. The Hall–Kier alpha value is -2.07. The van der Waals surface area contributed by atoms with E-state index in [2.05, 4.69) is 22.2 Å². The topological polar surface area (TPSA) is 80.7 Å². The number of likely N-dealkylation sites (N-methyl/N-ethyl adjacent to an activating group) is 1. The quantitative estimate of drug-likeness (QED) is 0.223. The molecule has 0 N–H and O–H groups in total. The number of carbonyl (C=O) groups is 1. The highest BCUT2D eigenvalue weighted by Gasteiger charge is 2.29. The first kappa shape index (κ1) is 29.5. The maximum absolute atomic E-state index is 13.2. The second-order valence-electron chi connectivity index (χ2n) is 8.97. The maximum atomic E-state index is 13.2. The molecule has 1 aliphatic heterocycles. The van der Waals surface area contributed by atoms with E-state index in [4.69, 9.17) is 37.4 Å². The van der Waals surface area contributed by atoms with Gasteiger partial charge in [-0.15, -0.1) is 0 Å². The van der Waals surface area contributed by atoms with Crippen LogP contribution in [0, 0.1) is 4.91 Å². The highest BCUT2D eigenvalue weighted by Crippen LogP contribution is 2.26. The predicted molar refractivity (Wildman–Crippen MR) is 145 cm³/mol. The molecule has 3 rings (SSSR count). The van der Waals surface area contributed by atoms with E-state index < -0.39 is 0 Å². The Morgan fingerprint density at radius 3 is 2.51 bits per heavy atom. The van der Waals surface area contributed by atoms with Crippen molar-refractivity contribution < 1.29 is 19.0 Å². The summed E-state index contributed by atoms with van der Waals surface area (Å²) in [6.07, 6.45) is 1.32. The molecule has 202 valence electrons. The molecule has 1 saturated heterocycles. The minimum Gasteiger partial charge on any atom is -0.377 e. The van der Waals surface area contributed by atoms with E-state index in [0.29, 0.717) is 43.1 Å². The van der Waals surface area contributed by atoms with Gasteiger partial charge in [0.15, 0.2) is 0 Å². The maximum Gasteiger partial charge on any atom is 0.227 e. The summed E-state index contributed by atoms with van der Waals surface area (Å²) in [5.41, 5.74) is 1.93. The van der Waals surface area contributed by atoms with Crippen LogP contribution in [0.4, 0.5) is 0 Å². The summed E-state index contributed by atoms with van der Waals surface area (Å²) in [7, 11) is 1.86. The Morgan fingerprint density at radius 1 is 1.05 bits per heavy atom. The third kappa shape index (κ3) is 9.96. The van der Waals surface area contributed by atoms with Crippen LogP contribution >= 0.6 is 23.2 Å². The molecule has 0 saturated carbocycles. The van der Waals surface area contributed by atoms with Crippen molar-refractivity contribution >= 4 is 29.1 Å². The Labute approximate surface area is 228 Å². The molecule has 37 heavy (non-hydrogen) atoms. The number of nitroso groups, excluding NO2 is 1. The highest BCUT2D eigenvalue weighted by atomic mass is 35.5. The zero-order chi connectivity index (χ0) is 26.5. The van der Waals surface area contributed by atoms with Gasteiger partial charge in [0.05, 0.1) is 61.6 Å². The van der Waals surface area contributed by atoms with Crippen LogP contribution in [0.1, 0.15) is 23.6 Å². The third-order valence-electron chi connectivity index (χ3n) is 6.33. The molecule has 1 amide bonds. The van der Waals surface area contributed by atoms with Gasteiger partial charge in [-0.05, 0) is 29.7 Å². The average molecular weight is 552 g/mol. The lowest BCUT2D eigenvalue weighted by atomic mass is 10.0. The van der Waals surface area contributed by atoms with E-state index in [1.807, 2.05) is 36.2 Å². The molecule has 0 aliphatic carbocycles. The number of rotatable bonds is 16. The van der Waals surface area contributed by atoms with Gasteiger partial charge in [0, 0.05) is 26.7 Å². The van der Waals surface area contributed by atoms with Crippen molar-refractivity contribution in [1.82, 2.24) is 9.80 Å². The molecule has 0 unspecified atom stereocenters. The van der Waals surface area contributed by atoms with Crippen LogP contribution in [0.2, 0.25) is 10.0 Å². The van der Waals surface area contributed by atoms with Crippen molar-refractivity contribution in [2.24, 2.45) is 5.18 Å². The van der Waals surface area contributed by atoms with Gasteiger partial charge in [0.1, 0.15) is 6.54 Å². The molecule has 0 spiro atoms. The average Bonchev–Trinajstić information content (AvgIpc) is 3.36. The summed E-state index contributed by atoms with van der Waals surface area (Å²) in [6, 6.07) is 15.3. The lowest BCUT2D eigenvalue weighted by Gasteiger charge is -2.32. The van der Waals surface area contributed by atoms with E-state index >= 15 is 0 Å². The number of hydrogen-bond donors (Lipinski definition) is 0.